The molecule has 3 aromatic rings. The van der Waals surface area contributed by atoms with Gasteiger partial charge in [-0.1, -0.05) is 30.3 Å². The molecular weight excluding hydrogens is 362 g/mol. The Hall–Kier alpha value is -2.86. The van der Waals surface area contributed by atoms with E-state index < -0.39 is 0 Å². The van der Waals surface area contributed by atoms with Gasteiger partial charge >= 0.3 is 0 Å². The molecule has 1 aromatic carbocycles. The molecule has 3 heterocycles. The number of hydrogen-bond donors (Lipinski definition) is 0. The molecule has 0 spiro atoms. The van der Waals surface area contributed by atoms with Crippen LogP contribution < -0.4 is 0 Å². The van der Waals surface area contributed by atoms with E-state index in [1.54, 1.807) is 0 Å². The molecule has 6 heteroatoms. The van der Waals surface area contributed by atoms with Crippen molar-refractivity contribution in [3.63, 3.8) is 0 Å². The number of nitrogens with zero attached hydrogens (tertiary/aromatic N) is 5. The van der Waals surface area contributed by atoms with E-state index in [9.17, 15) is 4.79 Å². The second kappa shape index (κ2) is 9.09. The molecule has 1 aliphatic heterocycles. The van der Waals surface area contributed by atoms with E-state index in [2.05, 4.69) is 32.3 Å². The van der Waals surface area contributed by atoms with Crippen LogP contribution >= 0.6 is 0 Å². The van der Waals surface area contributed by atoms with Crippen LogP contribution in [0.2, 0.25) is 0 Å². The number of likely N-dealkylation sites (tertiary alicyclic amines) is 1. The topological polar surface area (TPSA) is 63.9 Å². The number of Topliss-reactive ketones (excluding diaryl/α,β-unsaturated/α-hetero) is 1. The first-order chi connectivity index (χ1) is 14.2. The lowest BCUT2D eigenvalue weighted by Crippen LogP contribution is -2.32. The highest BCUT2D eigenvalue weighted by molar-refractivity contribution is 5.80. The maximum Gasteiger partial charge on any atom is 0.138 e. The summed E-state index contributed by atoms with van der Waals surface area (Å²) in [5.74, 6) is 0.776. The van der Waals surface area contributed by atoms with Gasteiger partial charge in [0.15, 0.2) is 0 Å². The number of benzene rings is 1. The van der Waals surface area contributed by atoms with Crippen LogP contribution in [0.4, 0.5) is 0 Å². The zero-order valence-electron chi connectivity index (χ0n) is 16.9. The van der Waals surface area contributed by atoms with Gasteiger partial charge in [0.25, 0.3) is 0 Å². The molecule has 0 aliphatic carbocycles. The van der Waals surface area contributed by atoms with Crippen molar-refractivity contribution in [1.29, 1.82) is 0 Å². The predicted octanol–water partition coefficient (Wildman–Crippen LogP) is 3.56. The summed E-state index contributed by atoms with van der Waals surface area (Å²) in [7, 11) is 0. The smallest absolute Gasteiger partial charge is 0.138 e. The maximum absolute atomic E-state index is 11.7. The largest absolute Gasteiger partial charge is 0.299 e. The highest BCUT2D eigenvalue weighted by atomic mass is 16.1. The van der Waals surface area contributed by atoms with Crippen LogP contribution in [0.3, 0.4) is 0 Å². The van der Waals surface area contributed by atoms with Crippen LogP contribution in [0, 0.1) is 0 Å². The zero-order valence-corrected chi connectivity index (χ0v) is 16.9. The number of hydrogen-bond acceptors (Lipinski definition) is 5. The normalized spacial score (nSPS) is 15.5. The van der Waals surface area contributed by atoms with Crippen LogP contribution in [0.15, 0.2) is 54.9 Å². The van der Waals surface area contributed by atoms with E-state index in [1.165, 1.54) is 5.56 Å². The number of para-hydroxylation sites is 1. The van der Waals surface area contributed by atoms with Gasteiger partial charge < -0.3 is 0 Å². The van der Waals surface area contributed by atoms with Crippen LogP contribution in [0.25, 0.3) is 5.69 Å². The highest BCUT2D eigenvalue weighted by Crippen LogP contribution is 2.28. The van der Waals surface area contributed by atoms with Crippen molar-refractivity contribution < 1.29 is 4.79 Å². The molecule has 4 rings (SSSR count). The molecule has 150 valence electrons. The summed E-state index contributed by atoms with van der Waals surface area (Å²) in [5, 5.41) is 8.60. The number of rotatable bonds is 7. The van der Waals surface area contributed by atoms with Crippen LogP contribution in [0.1, 0.15) is 49.1 Å². The van der Waals surface area contributed by atoms with E-state index in [1.807, 2.05) is 54.3 Å². The van der Waals surface area contributed by atoms with Gasteiger partial charge in [-0.3, -0.25) is 14.7 Å². The highest BCUT2D eigenvalue weighted by Gasteiger charge is 2.22. The fraction of sp³-hybridized carbons (Fsp3) is 0.391. The van der Waals surface area contributed by atoms with Gasteiger partial charge in [0.05, 0.1) is 17.6 Å². The van der Waals surface area contributed by atoms with Crippen molar-refractivity contribution >= 4 is 5.78 Å². The Kier molecular flexibility index (Phi) is 6.10. The Labute approximate surface area is 171 Å². The lowest BCUT2D eigenvalue weighted by atomic mass is 9.89. The molecule has 0 saturated carbocycles. The molecule has 0 N–H and O–H groups in total. The molecule has 2 aromatic heterocycles. The van der Waals surface area contributed by atoms with Gasteiger partial charge in [0, 0.05) is 31.3 Å². The molecule has 6 nitrogen and oxygen atoms in total. The van der Waals surface area contributed by atoms with Gasteiger partial charge in [-0.2, -0.15) is 0 Å². The van der Waals surface area contributed by atoms with Crippen LogP contribution in [-0.2, 0) is 17.8 Å². The zero-order chi connectivity index (χ0) is 20.1. The Morgan fingerprint density at radius 2 is 1.90 bits per heavy atom. The summed E-state index contributed by atoms with van der Waals surface area (Å²) in [6.07, 6.45) is 7.10. The molecule has 0 amide bonds. The summed E-state index contributed by atoms with van der Waals surface area (Å²) < 4.78 is 1.83. The third kappa shape index (κ3) is 4.95. The first-order valence-electron chi connectivity index (χ1n) is 10.4. The SMILES string of the molecule is CCC(=O)Cc1cc(C2CCN(Cc3cn(-c4ccccc4)nn3)CC2)ccn1. The van der Waals surface area contributed by atoms with Gasteiger partial charge in [-0.15, -0.1) is 5.10 Å². The van der Waals surface area contributed by atoms with Crippen LogP contribution in [0.5, 0.6) is 0 Å². The minimum atomic E-state index is 0.244. The predicted molar refractivity (Wildman–Crippen MR) is 112 cm³/mol. The quantitative estimate of drug-likeness (QED) is 0.618. The van der Waals surface area contributed by atoms with Crippen molar-refractivity contribution in [3.05, 3.63) is 71.8 Å². The van der Waals surface area contributed by atoms with Crippen molar-refractivity contribution in [2.75, 3.05) is 13.1 Å². The van der Waals surface area contributed by atoms with E-state index in [0.29, 0.717) is 18.8 Å². The minimum Gasteiger partial charge on any atom is -0.299 e. The van der Waals surface area contributed by atoms with Gasteiger partial charge in [0.1, 0.15) is 5.78 Å². The third-order valence-corrected chi connectivity index (χ3v) is 5.62. The van der Waals surface area contributed by atoms with Crippen LogP contribution in [-0.4, -0.2) is 43.8 Å². The molecule has 0 bridgehead atoms. The van der Waals surface area contributed by atoms with Gasteiger partial charge in [0.2, 0.25) is 0 Å². The first-order valence-corrected chi connectivity index (χ1v) is 10.4. The molecule has 0 atom stereocenters. The molecular formula is C23H27N5O. The van der Waals surface area contributed by atoms with E-state index in [4.69, 9.17) is 0 Å². The second-order valence-electron chi connectivity index (χ2n) is 7.69. The van der Waals surface area contributed by atoms with Crippen molar-refractivity contribution in [3.8, 4) is 5.69 Å². The Morgan fingerprint density at radius 1 is 1.10 bits per heavy atom. The van der Waals surface area contributed by atoms with Crippen molar-refractivity contribution in [1.82, 2.24) is 24.9 Å². The Morgan fingerprint density at radius 3 is 2.66 bits per heavy atom. The van der Waals surface area contributed by atoms with E-state index in [0.717, 1.165) is 49.6 Å². The number of carbonyl (C=O) groups excluding carboxylic acids is 1. The maximum atomic E-state index is 11.7. The lowest BCUT2D eigenvalue weighted by molar-refractivity contribution is -0.118. The number of aromatic nitrogens is 4. The summed E-state index contributed by atoms with van der Waals surface area (Å²) in [4.78, 5) is 18.5. The molecule has 1 saturated heterocycles. The number of piperidine rings is 1. The minimum absolute atomic E-state index is 0.244. The summed E-state index contributed by atoms with van der Waals surface area (Å²) in [6.45, 7) is 4.80. The fourth-order valence-corrected chi connectivity index (χ4v) is 3.91. The monoisotopic (exact) mass is 389 g/mol. The third-order valence-electron chi connectivity index (χ3n) is 5.62. The van der Waals surface area contributed by atoms with Gasteiger partial charge in [-0.25, -0.2) is 4.68 Å². The Bertz CT molecular complexity index is 945. The summed E-state index contributed by atoms with van der Waals surface area (Å²) in [6, 6.07) is 14.3. The lowest BCUT2D eigenvalue weighted by Gasteiger charge is -2.31. The second-order valence-corrected chi connectivity index (χ2v) is 7.69. The molecule has 1 aliphatic rings. The molecule has 0 radical (unpaired) electrons. The standard InChI is InChI=1S/C23H27N5O/c1-2-23(29)15-20-14-19(8-11-24-20)18-9-12-27(13-10-18)16-21-17-28(26-25-21)22-6-4-3-5-7-22/h3-8,11,14,17-18H,2,9-10,12-13,15-16H2,1H3. The molecule has 1 fully saturated rings. The number of pyridine rings is 1. The van der Waals surface area contributed by atoms with E-state index >= 15 is 0 Å². The van der Waals surface area contributed by atoms with Crippen molar-refractivity contribution in [2.24, 2.45) is 0 Å². The molecule has 29 heavy (non-hydrogen) atoms. The van der Waals surface area contributed by atoms with Gasteiger partial charge in [-0.05, 0) is 61.7 Å². The number of carbonyl (C=O) groups is 1. The van der Waals surface area contributed by atoms with E-state index in [-0.39, 0.29) is 5.78 Å². The fourth-order valence-electron chi connectivity index (χ4n) is 3.91. The summed E-state index contributed by atoms with van der Waals surface area (Å²) in [5.41, 5.74) is 4.24. The summed E-state index contributed by atoms with van der Waals surface area (Å²) >= 11 is 0. The first kappa shape index (κ1) is 19.5. The average Bonchev–Trinajstić information content (AvgIpc) is 3.23. The number of ketones is 1. The van der Waals surface area contributed by atoms with Crippen molar-refractivity contribution in [2.45, 2.75) is 45.1 Å². The molecule has 0 unspecified atom stereocenters. The average molecular weight is 390 g/mol. The Balaban J connectivity index is 1.33.